The number of hydrogen-bond acceptors (Lipinski definition) is 16. The average Bonchev–Trinajstić information content (AvgIpc) is 1.78. The molecule has 14 atom stereocenters. The second-order valence-electron chi connectivity index (χ2n) is 29.1. The van der Waals surface area contributed by atoms with Crippen molar-refractivity contribution in [2.45, 2.75) is 240 Å². The van der Waals surface area contributed by atoms with Crippen LogP contribution in [-0.4, -0.2) is 203 Å². The van der Waals surface area contributed by atoms with Crippen molar-refractivity contribution in [2.75, 3.05) is 34.3 Å². The predicted molar refractivity (Wildman–Crippen MR) is 362 cm³/mol. The summed E-state index contributed by atoms with van der Waals surface area (Å²) in [5, 5.41) is 25.9. The van der Waals surface area contributed by atoms with E-state index in [0.29, 0.717) is 30.6 Å². The molecule has 2 aromatic carbocycles. The number of benzene rings is 2. The van der Waals surface area contributed by atoms with Crippen LogP contribution in [0.3, 0.4) is 0 Å². The summed E-state index contributed by atoms with van der Waals surface area (Å²) in [5.41, 5.74) is 0.945. The smallest absolute Gasteiger partial charge is 0.329 e. The number of Topliss-reactive ketones (excluding diaryl/α,β-unsaturated/α-hetero) is 1. The lowest BCUT2D eigenvalue weighted by atomic mass is 9.91. The summed E-state index contributed by atoms with van der Waals surface area (Å²) in [6.07, 6.45) is -3.80. The Balaban J connectivity index is 1.55. The number of amides is 9. The van der Waals surface area contributed by atoms with Crippen molar-refractivity contribution < 1.29 is 76.9 Å². The molecule has 0 radical (unpaired) electrons. The van der Waals surface area contributed by atoms with E-state index in [1.807, 2.05) is 78.8 Å². The van der Waals surface area contributed by atoms with Gasteiger partial charge in [-0.3, -0.25) is 52.7 Å². The van der Waals surface area contributed by atoms with Gasteiger partial charge in [0.25, 0.3) is 0 Å². The van der Waals surface area contributed by atoms with Gasteiger partial charge in [0.15, 0.2) is 11.9 Å². The molecule has 9 amide bonds. The van der Waals surface area contributed by atoms with Gasteiger partial charge in [-0.2, -0.15) is 0 Å². The Morgan fingerprint density at radius 1 is 0.784 bits per heavy atom. The molecule has 3 fully saturated rings. The number of likely N-dealkylation sites (tertiary alicyclic amines) is 1. The van der Waals surface area contributed by atoms with Crippen molar-refractivity contribution in [2.24, 2.45) is 35.0 Å². The molecule has 0 aromatic heterocycles. The zero-order valence-electron chi connectivity index (χ0n) is 60.1. The zero-order valence-corrected chi connectivity index (χ0v) is 60.1. The second-order valence-corrected chi connectivity index (χ2v) is 29.1. The summed E-state index contributed by atoms with van der Waals surface area (Å²) < 4.78 is 17.4. The van der Waals surface area contributed by atoms with Gasteiger partial charge < -0.3 is 65.5 Å². The van der Waals surface area contributed by atoms with Crippen LogP contribution >= 0.6 is 0 Å². The fourth-order valence-corrected chi connectivity index (χ4v) is 12.7. The molecular weight excluding hydrogens is 1250 g/mol. The van der Waals surface area contributed by atoms with Crippen LogP contribution in [0.2, 0.25) is 0 Å². The van der Waals surface area contributed by atoms with Crippen LogP contribution in [0.1, 0.15) is 166 Å². The van der Waals surface area contributed by atoms with Gasteiger partial charge in [-0.25, -0.2) is 4.79 Å². The Morgan fingerprint density at radius 3 is 2.01 bits per heavy atom. The molecule has 25 heteroatoms. The summed E-state index contributed by atoms with van der Waals surface area (Å²) in [4.78, 5) is 180. The number of hydrogen-bond donors (Lipinski definition) is 6. The lowest BCUT2D eigenvalue weighted by Gasteiger charge is -2.36. The van der Waals surface area contributed by atoms with Crippen LogP contribution in [0.4, 0.5) is 0 Å². The number of cyclic esters (lactones) is 2. The van der Waals surface area contributed by atoms with E-state index in [0.717, 1.165) is 5.56 Å². The predicted octanol–water partition coefficient (Wildman–Crippen LogP) is 4.60. The number of fused-ring (bicyclic) bond motifs is 1. The molecule has 0 spiro atoms. The van der Waals surface area contributed by atoms with E-state index in [2.05, 4.69) is 26.6 Å². The number of aliphatic hydroxyl groups excluding tert-OH is 1. The van der Waals surface area contributed by atoms with Crippen molar-refractivity contribution in [1.29, 1.82) is 0 Å². The number of aliphatic hydroxyl groups is 1. The normalized spacial score (nSPS) is 25.1. The van der Waals surface area contributed by atoms with E-state index in [-0.39, 0.29) is 81.2 Å². The quantitative estimate of drug-likeness (QED) is 0.0735. The van der Waals surface area contributed by atoms with Gasteiger partial charge in [-0.15, -0.1) is 0 Å². The molecule has 2 aromatic rings. The summed E-state index contributed by atoms with van der Waals surface area (Å²) in [7, 11) is 4.28. The molecule has 0 saturated carbocycles. The van der Waals surface area contributed by atoms with Crippen LogP contribution in [0, 0.1) is 35.0 Å². The summed E-state index contributed by atoms with van der Waals surface area (Å²) in [6.45, 7) is 24.2. The van der Waals surface area contributed by atoms with Gasteiger partial charge in [0.05, 0.1) is 31.6 Å². The Labute approximate surface area is 572 Å². The highest BCUT2D eigenvalue weighted by molar-refractivity contribution is 6.05. The number of ketones is 1. The molecule has 5 rings (SSSR count). The average molecular weight is 1360 g/mol. The fourth-order valence-electron chi connectivity index (χ4n) is 12.7. The highest BCUT2D eigenvalue weighted by Crippen LogP contribution is 2.28. The second kappa shape index (κ2) is 36.0. The van der Waals surface area contributed by atoms with Gasteiger partial charge in [-0.1, -0.05) is 125 Å². The summed E-state index contributed by atoms with van der Waals surface area (Å²) >= 11 is 0. The van der Waals surface area contributed by atoms with Crippen LogP contribution in [0.25, 0.3) is 0 Å². The van der Waals surface area contributed by atoms with E-state index in [4.69, 9.17) is 14.2 Å². The number of esters is 2. The first-order chi connectivity index (χ1) is 45.5. The maximum absolute atomic E-state index is 15.3. The number of carbonyl (C=O) groups is 12. The maximum Gasteiger partial charge on any atom is 0.329 e. The number of likely N-dealkylation sites (N-methyl/N-ethyl adjacent to an activating group) is 2. The van der Waals surface area contributed by atoms with E-state index in [1.54, 1.807) is 52.0 Å². The van der Waals surface area contributed by atoms with Crippen molar-refractivity contribution in [3.05, 3.63) is 65.7 Å². The molecule has 0 aliphatic carbocycles. The summed E-state index contributed by atoms with van der Waals surface area (Å²) in [6, 6.07) is 4.30. The number of nitrogens with one attached hydrogen (secondary N) is 5. The Morgan fingerprint density at radius 2 is 1.42 bits per heavy atom. The van der Waals surface area contributed by atoms with Gasteiger partial charge >= 0.3 is 11.9 Å². The third kappa shape index (κ3) is 22.3. The van der Waals surface area contributed by atoms with E-state index in [1.165, 1.54) is 61.6 Å². The molecule has 0 bridgehead atoms. The highest BCUT2D eigenvalue weighted by atomic mass is 16.6. The first-order valence-electron chi connectivity index (χ1n) is 34.4. The third-order valence-electron chi connectivity index (χ3n) is 18.5. The number of ether oxygens (including phenoxy) is 3. The van der Waals surface area contributed by atoms with Gasteiger partial charge in [0, 0.05) is 46.4 Å². The summed E-state index contributed by atoms with van der Waals surface area (Å²) in [5.74, 6) is -11.6. The molecule has 3 aliphatic heterocycles. The lowest BCUT2D eigenvalue weighted by Crippen LogP contribution is -2.62. The molecular formula is C72H109N9O16. The number of nitrogens with zero attached hydrogens (tertiary/aromatic N) is 4. The molecule has 6 N–H and O–H groups in total. The monoisotopic (exact) mass is 1360 g/mol. The minimum atomic E-state index is -1.82. The van der Waals surface area contributed by atoms with Crippen molar-refractivity contribution >= 4 is 70.9 Å². The molecule has 3 aliphatic rings. The van der Waals surface area contributed by atoms with Crippen molar-refractivity contribution in [1.82, 2.24) is 46.2 Å². The molecule has 0 unspecified atom stereocenters. The molecule has 3 heterocycles. The SMILES string of the molecule is CC[C@H](C)[C@H]1NC(=O)[C@@H](NC(=O)[C@@H](CC(C)C)N(C)C(=O)[C@@H]2CCCN2C(=O)[C@H](C)NC(=O)[C@@H](Cc2ccccc2)NC(=O)CC(C)(C)C)[C@@H](C)OC(=O)[C@H](Cc2ccc(OC)cc2)N(C)C(=O)[C@@H]2CCCN2C(=O)[C@H](CC(C)C)NC(=O)[C@@H](C)C(=O)[C@H](C(C)C)OC(=O)C[C@@H]1O. The van der Waals surface area contributed by atoms with Gasteiger partial charge in [0.2, 0.25) is 53.2 Å². The third-order valence-corrected chi connectivity index (χ3v) is 18.5. The van der Waals surface area contributed by atoms with Crippen LogP contribution in [-0.2, 0) is 79.8 Å². The zero-order chi connectivity index (χ0) is 72.5. The Bertz CT molecular complexity index is 3080. The molecule has 3 saturated heterocycles. The number of rotatable bonds is 21. The standard InChI is InChI=1S/C72H109N9O16/c1-18-43(8)59-56(82)38-58(84)97-62(42(6)7)61(85)44(9)63(86)75-51(34-40(2)3)68(91)81-33-23-27-53(81)70(93)79(16)55(37-48-28-30-49(95-17)31-29-48)71(94)96-46(11)60(66(89)76-59)77-65(88)54(35-41(4)5)78(15)69(92)52-26-22-32-80(52)67(90)45(10)73-64(87)50(36-47-24-20-19-21-25-47)74-57(83)39-72(12,13)14/h19-21,24-25,28-31,40-46,50-56,59-60,62,82H,18,22-23,26-27,32-39H2,1-17H3,(H,73,87)(H,74,83)(H,75,86)(H,76,89)(H,77,88)/t43-,44-,45-,46+,50+,51-,52-,53-,54+,55-,56-,59+,60-,62-/m0/s1. The molecule has 538 valence electrons. The van der Waals surface area contributed by atoms with E-state index in [9.17, 15) is 38.7 Å². The fraction of sp³-hybridized carbons (Fsp3) is 0.667. The highest BCUT2D eigenvalue weighted by Gasteiger charge is 2.46. The first-order valence-corrected chi connectivity index (χ1v) is 34.4. The Hall–Kier alpha value is -7.96. The maximum atomic E-state index is 15.3. The van der Waals surface area contributed by atoms with Crippen LogP contribution in [0.15, 0.2) is 54.6 Å². The van der Waals surface area contributed by atoms with E-state index < -0.39 is 162 Å². The minimum Gasteiger partial charge on any atom is -0.497 e. The molecule has 25 nitrogen and oxygen atoms in total. The van der Waals surface area contributed by atoms with Crippen LogP contribution in [0.5, 0.6) is 5.75 Å². The van der Waals surface area contributed by atoms with Crippen molar-refractivity contribution in [3.63, 3.8) is 0 Å². The number of carbonyl (C=O) groups excluding carboxylic acids is 12. The number of methoxy groups -OCH3 is 1. The van der Waals surface area contributed by atoms with E-state index >= 15 is 24.0 Å². The first kappa shape index (κ1) is 79.7. The molecule has 97 heavy (non-hydrogen) atoms. The minimum absolute atomic E-state index is 0.0163. The van der Waals surface area contributed by atoms with Gasteiger partial charge in [-0.05, 0) is 112 Å². The largest absolute Gasteiger partial charge is 0.497 e. The Kier molecular flexibility index (Phi) is 29.6. The topological polar surface area (TPSA) is 326 Å². The van der Waals surface area contributed by atoms with Crippen LogP contribution < -0.4 is 31.3 Å². The van der Waals surface area contributed by atoms with Crippen molar-refractivity contribution in [3.8, 4) is 5.75 Å². The lowest BCUT2D eigenvalue weighted by molar-refractivity contribution is -0.163. The van der Waals surface area contributed by atoms with Gasteiger partial charge in [0.1, 0.15) is 60.2 Å².